The molecule has 6 atom stereocenters. The van der Waals surface area contributed by atoms with Crippen LogP contribution in [0.3, 0.4) is 0 Å². The Morgan fingerprint density at radius 2 is 0.634 bits per heavy atom. The van der Waals surface area contributed by atoms with E-state index in [0.29, 0.717) is 31.6 Å². The second kappa shape index (κ2) is 64.2. The zero-order valence-electron chi connectivity index (χ0n) is 60.2. The number of carbonyl (C=O) groups excluding carboxylic acids is 4. The molecule has 0 aliphatic rings. The molecule has 0 saturated heterocycles. The number of rotatable bonds is 70. The maximum atomic E-state index is 13.1. The Hall–Kier alpha value is -2.46. The van der Waals surface area contributed by atoms with Crippen LogP contribution in [0.5, 0.6) is 0 Å². The first-order valence-electron chi connectivity index (χ1n) is 37.7. The first-order valence-corrected chi connectivity index (χ1v) is 40.7. The number of phosphoric acid groups is 2. The van der Waals surface area contributed by atoms with E-state index in [9.17, 15) is 43.2 Å². The fourth-order valence-corrected chi connectivity index (χ4v) is 12.3. The van der Waals surface area contributed by atoms with Crippen molar-refractivity contribution >= 4 is 39.5 Å². The third kappa shape index (κ3) is 66.6. The van der Waals surface area contributed by atoms with Gasteiger partial charge in [-0.1, -0.05) is 297 Å². The van der Waals surface area contributed by atoms with Crippen molar-refractivity contribution in [3.05, 3.63) is 24.3 Å². The molecule has 0 aliphatic carbocycles. The lowest BCUT2D eigenvalue weighted by Crippen LogP contribution is -2.30. The van der Waals surface area contributed by atoms with Crippen LogP contribution in [0.2, 0.25) is 0 Å². The minimum atomic E-state index is -4.96. The van der Waals surface area contributed by atoms with Crippen LogP contribution in [0.1, 0.15) is 350 Å². The van der Waals surface area contributed by atoms with Crippen LogP contribution in [0.25, 0.3) is 0 Å². The lowest BCUT2D eigenvalue weighted by molar-refractivity contribution is -0.161. The summed E-state index contributed by atoms with van der Waals surface area (Å²) in [6.07, 6.45) is 52.2. The molecule has 0 amide bonds. The van der Waals surface area contributed by atoms with Crippen molar-refractivity contribution in [1.29, 1.82) is 0 Å². The summed E-state index contributed by atoms with van der Waals surface area (Å²) in [7, 11) is -9.92. The van der Waals surface area contributed by atoms with Gasteiger partial charge in [-0.15, -0.1) is 0 Å². The van der Waals surface area contributed by atoms with Crippen molar-refractivity contribution in [3.63, 3.8) is 0 Å². The molecular weight excluding hydrogens is 1220 g/mol. The number of esters is 4. The van der Waals surface area contributed by atoms with Gasteiger partial charge in [-0.2, -0.15) is 0 Å². The van der Waals surface area contributed by atoms with Crippen molar-refractivity contribution in [2.24, 2.45) is 17.8 Å². The number of ether oxygens (including phenoxy) is 4. The van der Waals surface area contributed by atoms with Crippen LogP contribution in [-0.2, 0) is 65.4 Å². The maximum absolute atomic E-state index is 13.1. The first kappa shape index (κ1) is 90.5. The highest BCUT2D eigenvalue weighted by molar-refractivity contribution is 7.47. The number of carbonyl (C=O) groups is 4. The number of unbranched alkanes of at least 4 members (excludes halogenated alkanes) is 34. The highest BCUT2D eigenvalue weighted by Crippen LogP contribution is 2.45. The number of aliphatic hydroxyl groups is 1. The fourth-order valence-electron chi connectivity index (χ4n) is 10.7. The quantitative estimate of drug-likeness (QED) is 0.0169. The Kier molecular flexibility index (Phi) is 62.5. The minimum Gasteiger partial charge on any atom is -0.462 e. The fraction of sp³-hybridized carbons (Fsp3) is 0.892. The first-order chi connectivity index (χ1) is 44.8. The molecule has 19 heteroatoms. The number of hydrogen-bond donors (Lipinski definition) is 3. The normalized spacial score (nSPS) is 14.6. The summed E-state index contributed by atoms with van der Waals surface area (Å²) in [5, 5.41) is 10.6. The SMILES string of the molecule is CCCCCC/C=C\C=C/CCCCCCCC(=O)OC[C@H](COP(=O)(O)OC[C@@H](O)COP(=O)(O)OC[C@@H](COC(=O)CCCCCCCCC(C)C)OC(=O)CCCCCCCCCCCCC(C)CC)OC(=O)CCCCCCCCCCCCCCC(C)C. The van der Waals surface area contributed by atoms with E-state index in [0.717, 1.165) is 127 Å². The molecule has 0 fully saturated rings. The van der Waals surface area contributed by atoms with E-state index >= 15 is 0 Å². The van der Waals surface area contributed by atoms with Gasteiger partial charge >= 0.3 is 39.5 Å². The number of phosphoric ester groups is 2. The van der Waals surface area contributed by atoms with Gasteiger partial charge in [0.15, 0.2) is 12.2 Å². The van der Waals surface area contributed by atoms with Crippen molar-refractivity contribution in [3.8, 4) is 0 Å². The van der Waals surface area contributed by atoms with Crippen LogP contribution in [-0.4, -0.2) is 96.7 Å². The number of allylic oxidation sites excluding steroid dienone is 4. The zero-order chi connectivity index (χ0) is 68.7. The molecule has 0 rings (SSSR count). The van der Waals surface area contributed by atoms with Crippen LogP contribution < -0.4 is 0 Å². The Balaban J connectivity index is 5.29. The molecule has 0 aromatic carbocycles. The Morgan fingerprint density at radius 1 is 0.355 bits per heavy atom. The standard InChI is InChI=1S/C74H140O17P2/c1-8-10-11-12-13-14-15-16-17-18-22-28-33-41-48-55-71(76)84-61-69(90-73(78)57-50-43-34-29-23-20-19-21-26-31-38-45-52-65(3)4)63-88-92(80,81)86-59-68(75)60-87-93(82,83)89-64-70(62-85-72(77)56-49-42-37-36-39-46-53-66(5)6)91-74(79)58-51-44-35-30-25-24-27-32-40-47-54-67(7)9-2/h14-17,65-70,75H,8-13,18-64H2,1-7H3,(H,80,81)(H,82,83)/b15-14-,17-16-/t67?,68-,69-,70-/m1/s1. The van der Waals surface area contributed by atoms with Crippen molar-refractivity contribution in [2.75, 3.05) is 39.6 Å². The van der Waals surface area contributed by atoms with Crippen molar-refractivity contribution in [2.45, 2.75) is 369 Å². The molecule has 548 valence electrons. The van der Waals surface area contributed by atoms with E-state index in [-0.39, 0.29) is 25.7 Å². The van der Waals surface area contributed by atoms with Crippen LogP contribution in [0.15, 0.2) is 24.3 Å². The lowest BCUT2D eigenvalue weighted by atomic mass is 9.99. The molecule has 0 radical (unpaired) electrons. The predicted molar refractivity (Wildman–Crippen MR) is 377 cm³/mol. The zero-order valence-corrected chi connectivity index (χ0v) is 62.0. The Morgan fingerprint density at radius 3 is 0.957 bits per heavy atom. The van der Waals surface area contributed by atoms with Gasteiger partial charge in [0, 0.05) is 25.7 Å². The van der Waals surface area contributed by atoms with Crippen LogP contribution in [0.4, 0.5) is 0 Å². The smallest absolute Gasteiger partial charge is 0.462 e. The van der Waals surface area contributed by atoms with Crippen LogP contribution in [0, 0.1) is 17.8 Å². The van der Waals surface area contributed by atoms with Gasteiger partial charge in [0.2, 0.25) is 0 Å². The molecule has 17 nitrogen and oxygen atoms in total. The average molecular weight is 1360 g/mol. The summed E-state index contributed by atoms with van der Waals surface area (Å²) < 4.78 is 68.4. The highest BCUT2D eigenvalue weighted by atomic mass is 31.2. The number of aliphatic hydroxyl groups excluding tert-OH is 1. The lowest BCUT2D eigenvalue weighted by Gasteiger charge is -2.21. The largest absolute Gasteiger partial charge is 0.472 e. The second-order valence-corrected chi connectivity index (χ2v) is 30.1. The van der Waals surface area contributed by atoms with Gasteiger partial charge in [-0.25, -0.2) is 9.13 Å². The summed E-state index contributed by atoms with van der Waals surface area (Å²) in [5.41, 5.74) is 0. The molecule has 0 aromatic rings. The summed E-state index contributed by atoms with van der Waals surface area (Å²) in [4.78, 5) is 72.7. The van der Waals surface area contributed by atoms with Crippen molar-refractivity contribution in [1.82, 2.24) is 0 Å². The van der Waals surface area contributed by atoms with Gasteiger partial charge in [0.25, 0.3) is 0 Å². The highest BCUT2D eigenvalue weighted by Gasteiger charge is 2.30. The molecule has 0 bridgehead atoms. The van der Waals surface area contributed by atoms with Gasteiger partial charge in [0.05, 0.1) is 26.4 Å². The van der Waals surface area contributed by atoms with Gasteiger partial charge in [-0.3, -0.25) is 37.3 Å². The monoisotopic (exact) mass is 1360 g/mol. The van der Waals surface area contributed by atoms with Gasteiger partial charge < -0.3 is 33.8 Å². The van der Waals surface area contributed by atoms with Gasteiger partial charge in [0.1, 0.15) is 19.3 Å². The molecule has 93 heavy (non-hydrogen) atoms. The number of hydrogen-bond acceptors (Lipinski definition) is 15. The molecular formula is C74H140O17P2. The van der Waals surface area contributed by atoms with E-state index in [1.807, 2.05) is 0 Å². The summed E-state index contributed by atoms with van der Waals surface area (Å²) in [6, 6.07) is 0. The van der Waals surface area contributed by atoms with Crippen LogP contribution >= 0.6 is 15.6 Å². The molecule has 0 aliphatic heterocycles. The molecule has 0 saturated carbocycles. The Labute approximate surface area is 567 Å². The maximum Gasteiger partial charge on any atom is 0.472 e. The summed E-state index contributed by atoms with van der Waals surface area (Å²) in [6.45, 7) is 11.8. The molecule has 0 heterocycles. The van der Waals surface area contributed by atoms with E-state index in [2.05, 4.69) is 72.8 Å². The second-order valence-electron chi connectivity index (χ2n) is 27.2. The molecule has 3 N–H and O–H groups in total. The van der Waals surface area contributed by atoms with E-state index < -0.39 is 97.5 Å². The minimum absolute atomic E-state index is 0.0995. The van der Waals surface area contributed by atoms with Crippen molar-refractivity contribution < 1.29 is 80.2 Å². The summed E-state index contributed by atoms with van der Waals surface area (Å²) >= 11 is 0. The van der Waals surface area contributed by atoms with Gasteiger partial charge in [-0.05, 0) is 69.1 Å². The average Bonchev–Trinajstić information content (AvgIpc) is 2.68. The predicted octanol–water partition coefficient (Wildman–Crippen LogP) is 21.0. The molecule has 0 aromatic heterocycles. The topological polar surface area (TPSA) is 237 Å². The van der Waals surface area contributed by atoms with E-state index in [1.165, 1.54) is 135 Å². The van der Waals surface area contributed by atoms with E-state index in [4.69, 9.17) is 37.0 Å². The Bertz CT molecular complexity index is 1910. The third-order valence-corrected chi connectivity index (χ3v) is 18.8. The van der Waals surface area contributed by atoms with E-state index in [1.54, 1.807) is 0 Å². The molecule has 0 spiro atoms. The summed E-state index contributed by atoms with van der Waals surface area (Å²) in [5.74, 6) is 0.100. The molecule has 3 unspecified atom stereocenters. The third-order valence-electron chi connectivity index (χ3n) is 16.9.